The second-order valence-electron chi connectivity index (χ2n) is 7.26. The lowest BCUT2D eigenvalue weighted by Crippen LogP contribution is -2.15. The van der Waals surface area contributed by atoms with Crippen molar-refractivity contribution in [1.29, 1.82) is 0 Å². The first-order valence-corrected chi connectivity index (χ1v) is 10.9. The van der Waals surface area contributed by atoms with Crippen LogP contribution in [-0.2, 0) is 4.79 Å². The fraction of sp³-hybridized carbons (Fsp3) is 0.304. The quantitative estimate of drug-likeness (QED) is 0.639. The van der Waals surface area contributed by atoms with E-state index < -0.39 is 0 Å². The number of aryl methyl sites for hydroxylation is 2. The number of ether oxygens (including phenoxy) is 3. The summed E-state index contributed by atoms with van der Waals surface area (Å²) in [7, 11) is 4.78. The molecule has 0 saturated carbocycles. The van der Waals surface area contributed by atoms with E-state index in [4.69, 9.17) is 19.3 Å². The van der Waals surface area contributed by atoms with Gasteiger partial charge in [-0.05, 0) is 38.1 Å². The van der Waals surface area contributed by atoms with Gasteiger partial charge in [-0.3, -0.25) is 4.79 Å². The fourth-order valence-corrected chi connectivity index (χ4v) is 5.04. The van der Waals surface area contributed by atoms with Crippen molar-refractivity contribution in [3.05, 3.63) is 58.8 Å². The third-order valence-electron chi connectivity index (χ3n) is 5.30. The van der Waals surface area contributed by atoms with Crippen LogP contribution in [0.25, 0.3) is 5.69 Å². The van der Waals surface area contributed by atoms with E-state index in [1.165, 1.54) is 11.8 Å². The Morgan fingerprint density at radius 1 is 1.00 bits per heavy atom. The number of carbonyl (C=O) groups is 1. The molecule has 0 unspecified atom stereocenters. The molecule has 0 saturated heterocycles. The Balaban J connectivity index is 1.92. The number of aromatic nitrogens is 2. The lowest BCUT2D eigenvalue weighted by atomic mass is 10.0. The number of methoxy groups -OCH3 is 3. The molecule has 0 radical (unpaired) electrons. The highest BCUT2D eigenvalue weighted by atomic mass is 32.2. The molecule has 1 aromatic heterocycles. The number of thioether (sulfide) groups is 1. The van der Waals surface area contributed by atoms with Crippen LogP contribution < -0.4 is 19.5 Å². The lowest BCUT2D eigenvalue weighted by molar-refractivity contribution is -0.113. The third kappa shape index (κ3) is 3.72. The summed E-state index contributed by atoms with van der Waals surface area (Å²) in [5.41, 5.74) is 4.73. The first-order valence-electron chi connectivity index (χ1n) is 9.85. The minimum absolute atomic E-state index is 0.0681. The van der Waals surface area contributed by atoms with Gasteiger partial charge in [-0.1, -0.05) is 17.7 Å². The van der Waals surface area contributed by atoms with Gasteiger partial charge in [-0.15, -0.1) is 11.8 Å². The van der Waals surface area contributed by atoms with E-state index >= 15 is 0 Å². The molecule has 0 spiro atoms. The molecule has 1 aliphatic heterocycles. The van der Waals surface area contributed by atoms with Crippen molar-refractivity contribution in [3.63, 3.8) is 0 Å². The number of carbonyl (C=O) groups excluding carboxylic acids is 1. The Kier molecular flexibility index (Phi) is 5.82. The monoisotopic (exact) mass is 439 g/mol. The van der Waals surface area contributed by atoms with E-state index in [2.05, 4.69) is 5.32 Å². The van der Waals surface area contributed by atoms with Crippen LogP contribution in [-0.4, -0.2) is 42.8 Å². The second-order valence-corrected chi connectivity index (χ2v) is 8.35. The summed E-state index contributed by atoms with van der Waals surface area (Å²) in [6.45, 7) is 4.00. The van der Waals surface area contributed by atoms with Crippen molar-refractivity contribution in [2.45, 2.75) is 19.1 Å². The Morgan fingerprint density at radius 2 is 1.71 bits per heavy atom. The molecule has 0 bridgehead atoms. The Hall–Kier alpha value is -3.13. The van der Waals surface area contributed by atoms with Crippen LogP contribution in [0.1, 0.15) is 27.6 Å². The summed E-state index contributed by atoms with van der Waals surface area (Å²) >= 11 is 1.53. The van der Waals surface area contributed by atoms with Gasteiger partial charge in [0.15, 0.2) is 11.5 Å². The molecule has 2 heterocycles. The molecule has 31 heavy (non-hydrogen) atoms. The Labute approximate surface area is 185 Å². The van der Waals surface area contributed by atoms with Crippen molar-refractivity contribution >= 4 is 23.5 Å². The Morgan fingerprint density at radius 3 is 2.35 bits per heavy atom. The average Bonchev–Trinajstić information content (AvgIpc) is 2.98. The molecule has 1 aliphatic rings. The largest absolute Gasteiger partial charge is 0.493 e. The van der Waals surface area contributed by atoms with Crippen LogP contribution in [0, 0.1) is 13.8 Å². The first kappa shape index (κ1) is 21.1. The predicted octanol–water partition coefficient (Wildman–Crippen LogP) is 4.29. The molecule has 0 fully saturated rings. The van der Waals surface area contributed by atoms with Crippen molar-refractivity contribution in [3.8, 4) is 22.9 Å². The minimum atomic E-state index is -0.178. The summed E-state index contributed by atoms with van der Waals surface area (Å²) in [5.74, 6) is 2.62. The zero-order valence-corrected chi connectivity index (χ0v) is 19.0. The molecular formula is C23H25N3O4S. The smallest absolute Gasteiger partial charge is 0.235 e. The summed E-state index contributed by atoms with van der Waals surface area (Å²) in [4.78, 5) is 12.6. The van der Waals surface area contributed by atoms with Crippen molar-refractivity contribution in [2.75, 3.05) is 32.4 Å². The van der Waals surface area contributed by atoms with Crippen LogP contribution in [0.15, 0.2) is 36.4 Å². The van der Waals surface area contributed by atoms with Crippen molar-refractivity contribution in [2.24, 2.45) is 0 Å². The number of nitrogens with zero attached hydrogens (tertiary/aromatic N) is 2. The highest BCUT2D eigenvalue weighted by molar-refractivity contribution is 8.00. The van der Waals surface area contributed by atoms with Crippen LogP contribution in [0.5, 0.6) is 17.2 Å². The molecule has 4 rings (SSSR count). The minimum Gasteiger partial charge on any atom is -0.493 e. The van der Waals surface area contributed by atoms with E-state index in [0.717, 1.165) is 28.1 Å². The summed E-state index contributed by atoms with van der Waals surface area (Å²) in [6.07, 6.45) is 0. The topological polar surface area (TPSA) is 74.6 Å². The SMILES string of the molecule is COc1ccc([C@@H]2SCC(=O)Nc3c2c(C)nn3-c2ccc(C)cc2)c(OC)c1OC. The van der Waals surface area contributed by atoms with E-state index in [1.807, 2.05) is 50.2 Å². The number of fused-ring (bicyclic) bond motifs is 1. The molecule has 1 amide bonds. The van der Waals surface area contributed by atoms with Crippen molar-refractivity contribution in [1.82, 2.24) is 9.78 Å². The standard InChI is InChI=1S/C23H25N3O4S/c1-13-6-8-15(9-7-13)26-23-19(14(2)25-26)22(31-12-18(27)24-23)16-10-11-17(28-3)21(30-5)20(16)29-4/h6-11,22H,12H2,1-5H3,(H,24,27)/t22-/m0/s1. The number of anilines is 1. The number of nitrogens with one attached hydrogen (secondary N) is 1. The van der Waals surface area contributed by atoms with Gasteiger partial charge >= 0.3 is 0 Å². The predicted molar refractivity (Wildman–Crippen MR) is 122 cm³/mol. The highest BCUT2D eigenvalue weighted by Crippen LogP contribution is 2.50. The van der Waals surface area contributed by atoms with E-state index in [-0.39, 0.29) is 11.2 Å². The van der Waals surface area contributed by atoms with Gasteiger partial charge in [0.2, 0.25) is 11.7 Å². The number of amides is 1. The fourth-order valence-electron chi connectivity index (χ4n) is 3.83. The third-order valence-corrected chi connectivity index (χ3v) is 6.56. The zero-order chi connectivity index (χ0) is 22.1. The number of benzene rings is 2. The molecule has 3 aromatic rings. The maximum absolute atomic E-state index is 12.6. The molecule has 1 atom stereocenters. The van der Waals surface area contributed by atoms with Crippen molar-refractivity contribution < 1.29 is 19.0 Å². The second kappa shape index (κ2) is 8.55. The summed E-state index contributed by atoms with van der Waals surface area (Å²) < 4.78 is 18.6. The van der Waals surface area contributed by atoms with Gasteiger partial charge in [-0.2, -0.15) is 5.10 Å². The molecule has 8 heteroatoms. The van der Waals surface area contributed by atoms with E-state index in [1.54, 1.807) is 26.0 Å². The molecule has 2 aromatic carbocycles. The summed E-state index contributed by atoms with van der Waals surface area (Å²) in [6, 6.07) is 11.9. The molecule has 1 N–H and O–H groups in total. The van der Waals surface area contributed by atoms with Crippen LogP contribution in [0.3, 0.4) is 0 Å². The van der Waals surface area contributed by atoms with Gasteiger partial charge in [0.1, 0.15) is 5.82 Å². The first-order chi connectivity index (χ1) is 15.0. The normalized spacial score (nSPS) is 15.6. The van der Waals surface area contributed by atoms with Gasteiger partial charge in [-0.25, -0.2) is 4.68 Å². The number of hydrogen-bond donors (Lipinski definition) is 1. The van der Waals surface area contributed by atoms with E-state index in [9.17, 15) is 4.79 Å². The Bertz CT molecular complexity index is 1120. The van der Waals surface area contributed by atoms with Gasteiger partial charge in [0.25, 0.3) is 0 Å². The highest BCUT2D eigenvalue weighted by Gasteiger charge is 2.33. The number of hydrogen-bond acceptors (Lipinski definition) is 6. The number of rotatable bonds is 5. The lowest BCUT2D eigenvalue weighted by Gasteiger charge is -2.21. The summed E-state index contributed by atoms with van der Waals surface area (Å²) in [5, 5.41) is 7.65. The van der Waals surface area contributed by atoms with Crippen LogP contribution in [0.2, 0.25) is 0 Å². The average molecular weight is 440 g/mol. The van der Waals surface area contributed by atoms with Gasteiger partial charge in [0, 0.05) is 11.1 Å². The van der Waals surface area contributed by atoms with E-state index in [0.29, 0.717) is 28.8 Å². The van der Waals surface area contributed by atoms with Crippen LogP contribution in [0.4, 0.5) is 5.82 Å². The van der Waals surface area contributed by atoms with Gasteiger partial charge < -0.3 is 19.5 Å². The maximum atomic E-state index is 12.6. The zero-order valence-electron chi connectivity index (χ0n) is 18.2. The molecular weight excluding hydrogens is 414 g/mol. The molecule has 162 valence electrons. The maximum Gasteiger partial charge on any atom is 0.235 e. The molecule has 0 aliphatic carbocycles. The molecule has 7 nitrogen and oxygen atoms in total. The van der Waals surface area contributed by atoms with Crippen LogP contribution >= 0.6 is 11.8 Å². The van der Waals surface area contributed by atoms with Gasteiger partial charge in [0.05, 0.1) is 43.7 Å².